The second kappa shape index (κ2) is 11.2. The summed E-state index contributed by atoms with van der Waals surface area (Å²) in [5.41, 5.74) is 1.62. The highest BCUT2D eigenvalue weighted by molar-refractivity contribution is 7.18. The molecule has 0 aliphatic heterocycles. The van der Waals surface area contributed by atoms with Crippen molar-refractivity contribution in [3.8, 4) is 10.6 Å². The summed E-state index contributed by atoms with van der Waals surface area (Å²) in [6.45, 7) is 2.58. The third-order valence-electron chi connectivity index (χ3n) is 4.47. The Balaban J connectivity index is 1.68. The Kier molecular flexibility index (Phi) is 8.05. The largest absolute Gasteiger partial charge is 0.338 e. The van der Waals surface area contributed by atoms with Crippen molar-refractivity contribution in [2.75, 3.05) is 11.9 Å². The monoisotopic (exact) mass is 441 g/mol. The van der Waals surface area contributed by atoms with Gasteiger partial charge in [0.05, 0.1) is 0 Å². The summed E-state index contributed by atoms with van der Waals surface area (Å²) >= 11 is 1.17. The SMILES string of the molecule is CCCCNC(=O)NC(Cc1ccccc1)C(=O)Nc1nnc(-c2ccc(F)cc2)s1. The van der Waals surface area contributed by atoms with E-state index in [9.17, 15) is 14.0 Å². The maximum Gasteiger partial charge on any atom is 0.315 e. The number of carbonyl (C=O) groups excluding carboxylic acids is 2. The summed E-state index contributed by atoms with van der Waals surface area (Å²) in [7, 11) is 0. The smallest absolute Gasteiger partial charge is 0.315 e. The van der Waals surface area contributed by atoms with Crippen LogP contribution in [0.3, 0.4) is 0 Å². The number of nitrogens with zero attached hydrogens (tertiary/aromatic N) is 2. The highest BCUT2D eigenvalue weighted by atomic mass is 32.1. The predicted octanol–water partition coefficient (Wildman–Crippen LogP) is 3.99. The molecular formula is C22H24FN5O2S. The molecule has 0 spiro atoms. The fourth-order valence-corrected chi connectivity index (χ4v) is 3.57. The second-order valence-corrected chi connectivity index (χ2v) is 7.88. The number of rotatable bonds is 9. The molecular weight excluding hydrogens is 417 g/mol. The van der Waals surface area contributed by atoms with E-state index in [2.05, 4.69) is 26.1 Å². The van der Waals surface area contributed by atoms with Gasteiger partial charge in [-0.3, -0.25) is 10.1 Å². The van der Waals surface area contributed by atoms with E-state index in [-0.39, 0.29) is 5.82 Å². The average Bonchev–Trinajstić information content (AvgIpc) is 3.23. The molecule has 3 aromatic rings. The van der Waals surface area contributed by atoms with Crippen molar-refractivity contribution in [1.82, 2.24) is 20.8 Å². The molecule has 0 aliphatic rings. The van der Waals surface area contributed by atoms with Crippen molar-refractivity contribution in [3.05, 3.63) is 66.0 Å². The standard InChI is InChI=1S/C22H24FN5O2S/c1-2-3-13-24-21(30)25-18(14-15-7-5-4-6-8-15)19(29)26-22-28-27-20(31-22)16-9-11-17(23)12-10-16/h4-12,18H,2-3,13-14H2,1H3,(H2,24,25,30)(H,26,28,29). The Hall–Kier alpha value is -3.33. The van der Waals surface area contributed by atoms with Crippen LogP contribution in [-0.4, -0.2) is 34.7 Å². The number of hydrogen-bond acceptors (Lipinski definition) is 5. The number of benzene rings is 2. The van der Waals surface area contributed by atoms with Crippen LogP contribution in [0.15, 0.2) is 54.6 Å². The molecule has 2 aromatic carbocycles. The van der Waals surface area contributed by atoms with E-state index in [0.717, 1.165) is 18.4 Å². The van der Waals surface area contributed by atoms with Crippen molar-refractivity contribution >= 4 is 28.4 Å². The number of carbonyl (C=O) groups is 2. The van der Waals surface area contributed by atoms with Gasteiger partial charge in [0.25, 0.3) is 0 Å². The molecule has 9 heteroatoms. The minimum absolute atomic E-state index is 0.301. The molecule has 162 valence electrons. The van der Waals surface area contributed by atoms with Gasteiger partial charge in [-0.1, -0.05) is 55.0 Å². The number of nitrogens with one attached hydrogen (secondary N) is 3. The molecule has 1 unspecified atom stereocenters. The predicted molar refractivity (Wildman–Crippen MR) is 119 cm³/mol. The molecule has 0 bridgehead atoms. The van der Waals surface area contributed by atoms with E-state index in [4.69, 9.17) is 0 Å². The Morgan fingerprint density at radius 2 is 1.81 bits per heavy atom. The zero-order chi connectivity index (χ0) is 22.1. The summed E-state index contributed by atoms with van der Waals surface area (Å²) < 4.78 is 13.1. The molecule has 0 aliphatic carbocycles. The van der Waals surface area contributed by atoms with E-state index in [1.54, 1.807) is 12.1 Å². The lowest BCUT2D eigenvalue weighted by Crippen LogP contribution is -2.49. The first-order chi connectivity index (χ1) is 15.0. The number of aromatic nitrogens is 2. The van der Waals surface area contributed by atoms with Gasteiger partial charge in [0.2, 0.25) is 11.0 Å². The second-order valence-electron chi connectivity index (χ2n) is 6.90. The molecule has 31 heavy (non-hydrogen) atoms. The van der Waals surface area contributed by atoms with E-state index >= 15 is 0 Å². The fourth-order valence-electron chi connectivity index (χ4n) is 2.82. The molecule has 3 N–H and O–H groups in total. The van der Waals surface area contributed by atoms with E-state index in [1.165, 1.54) is 23.5 Å². The van der Waals surface area contributed by atoms with Crippen molar-refractivity contribution < 1.29 is 14.0 Å². The van der Waals surface area contributed by atoms with Gasteiger partial charge in [-0.2, -0.15) is 0 Å². The van der Waals surface area contributed by atoms with Gasteiger partial charge in [0.15, 0.2) is 0 Å². The number of urea groups is 1. The summed E-state index contributed by atoms with van der Waals surface area (Å²) in [5, 5.41) is 17.1. The van der Waals surface area contributed by atoms with E-state index in [1.807, 2.05) is 37.3 Å². The lowest BCUT2D eigenvalue weighted by Gasteiger charge is -2.18. The first-order valence-electron chi connectivity index (χ1n) is 10.0. The van der Waals surface area contributed by atoms with Crippen LogP contribution in [0.2, 0.25) is 0 Å². The van der Waals surface area contributed by atoms with Crippen LogP contribution in [0.25, 0.3) is 10.6 Å². The summed E-state index contributed by atoms with van der Waals surface area (Å²) in [5.74, 6) is -0.731. The number of amides is 3. The molecule has 0 saturated heterocycles. The van der Waals surface area contributed by atoms with E-state index in [0.29, 0.717) is 28.7 Å². The Morgan fingerprint density at radius 3 is 2.52 bits per heavy atom. The van der Waals surface area contributed by atoms with Gasteiger partial charge in [0, 0.05) is 18.5 Å². The highest BCUT2D eigenvalue weighted by Crippen LogP contribution is 2.26. The van der Waals surface area contributed by atoms with Gasteiger partial charge >= 0.3 is 6.03 Å². The van der Waals surface area contributed by atoms with E-state index < -0.39 is 18.0 Å². The first kappa shape index (κ1) is 22.4. The lowest BCUT2D eigenvalue weighted by molar-refractivity contribution is -0.117. The third-order valence-corrected chi connectivity index (χ3v) is 5.35. The first-order valence-corrected chi connectivity index (χ1v) is 10.9. The number of hydrogen-bond donors (Lipinski definition) is 3. The Morgan fingerprint density at radius 1 is 1.06 bits per heavy atom. The fraction of sp³-hybridized carbons (Fsp3) is 0.273. The van der Waals surface area contributed by atoms with Crippen LogP contribution in [0, 0.1) is 5.82 Å². The molecule has 1 aromatic heterocycles. The topological polar surface area (TPSA) is 96.0 Å². The zero-order valence-electron chi connectivity index (χ0n) is 17.1. The summed E-state index contributed by atoms with van der Waals surface area (Å²) in [6, 6.07) is 14.1. The number of halogens is 1. The molecule has 1 atom stereocenters. The van der Waals surface area contributed by atoms with Crippen molar-refractivity contribution in [3.63, 3.8) is 0 Å². The van der Waals surface area contributed by atoms with Gasteiger partial charge < -0.3 is 10.6 Å². The molecule has 1 heterocycles. The van der Waals surface area contributed by atoms with Crippen LogP contribution in [0.5, 0.6) is 0 Å². The maximum atomic E-state index is 13.1. The van der Waals surface area contributed by atoms with Crippen LogP contribution < -0.4 is 16.0 Å². The normalized spacial score (nSPS) is 11.5. The molecule has 7 nitrogen and oxygen atoms in total. The van der Waals surface area contributed by atoms with Crippen molar-refractivity contribution in [1.29, 1.82) is 0 Å². The van der Waals surface area contributed by atoms with Crippen molar-refractivity contribution in [2.45, 2.75) is 32.2 Å². The minimum Gasteiger partial charge on any atom is -0.338 e. The molecule has 3 amide bonds. The quantitative estimate of drug-likeness (QED) is 0.438. The van der Waals surface area contributed by atoms with Gasteiger partial charge in [-0.25, -0.2) is 9.18 Å². The Labute approximate surface area is 184 Å². The molecule has 0 saturated carbocycles. The van der Waals surface area contributed by atoms with Crippen LogP contribution in [-0.2, 0) is 11.2 Å². The maximum absolute atomic E-state index is 13.1. The summed E-state index contributed by atoms with van der Waals surface area (Å²) in [4.78, 5) is 25.1. The number of unbranched alkanes of at least 4 members (excludes halogenated alkanes) is 1. The van der Waals surface area contributed by atoms with Crippen LogP contribution in [0.4, 0.5) is 14.3 Å². The van der Waals surface area contributed by atoms with Gasteiger partial charge in [0.1, 0.15) is 16.9 Å². The lowest BCUT2D eigenvalue weighted by atomic mass is 10.1. The average molecular weight is 442 g/mol. The van der Waals surface area contributed by atoms with Crippen molar-refractivity contribution in [2.24, 2.45) is 0 Å². The zero-order valence-corrected chi connectivity index (χ0v) is 17.9. The molecule has 0 fully saturated rings. The summed E-state index contributed by atoms with van der Waals surface area (Å²) in [6.07, 6.45) is 2.15. The van der Waals surface area contributed by atoms with Gasteiger partial charge in [-0.15, -0.1) is 10.2 Å². The van der Waals surface area contributed by atoms with Gasteiger partial charge in [-0.05, 0) is 36.2 Å². The number of anilines is 1. The minimum atomic E-state index is -0.790. The van der Waals surface area contributed by atoms with Crippen LogP contribution in [0.1, 0.15) is 25.3 Å². The van der Waals surface area contributed by atoms with Crippen LogP contribution >= 0.6 is 11.3 Å². The highest BCUT2D eigenvalue weighted by Gasteiger charge is 2.22. The molecule has 0 radical (unpaired) electrons. The molecule has 3 rings (SSSR count). The third kappa shape index (κ3) is 6.85. The Bertz CT molecular complexity index is 995.